The van der Waals surface area contributed by atoms with E-state index in [9.17, 15) is 13.2 Å². The van der Waals surface area contributed by atoms with Crippen molar-refractivity contribution in [2.45, 2.75) is 57.9 Å². The van der Waals surface area contributed by atoms with E-state index in [0.717, 1.165) is 43.5 Å². The van der Waals surface area contributed by atoms with Crippen LogP contribution < -0.4 is 4.31 Å². The van der Waals surface area contributed by atoms with Gasteiger partial charge in [-0.15, -0.1) is 0 Å². The molecule has 0 atom stereocenters. The van der Waals surface area contributed by atoms with Crippen molar-refractivity contribution >= 4 is 21.6 Å². The molecule has 1 aromatic carbocycles. The van der Waals surface area contributed by atoms with Crippen LogP contribution in [0.5, 0.6) is 0 Å². The van der Waals surface area contributed by atoms with Crippen LogP contribution >= 0.6 is 0 Å². The summed E-state index contributed by atoms with van der Waals surface area (Å²) in [5.74, 6) is 0.0775. The Morgan fingerprint density at radius 2 is 1.92 bits per heavy atom. The van der Waals surface area contributed by atoms with Gasteiger partial charge in [0.15, 0.2) is 0 Å². The first kappa shape index (κ1) is 18.2. The zero-order valence-electron chi connectivity index (χ0n) is 15.2. The van der Waals surface area contributed by atoms with Gasteiger partial charge in [-0.25, -0.2) is 8.42 Å². The molecule has 2 aliphatic rings. The van der Waals surface area contributed by atoms with E-state index in [1.807, 2.05) is 17.9 Å². The lowest BCUT2D eigenvalue weighted by molar-refractivity contribution is 0.0648. The maximum Gasteiger partial charge on any atom is 0.254 e. The number of carbonyl (C=O) groups is 1. The molecule has 1 fully saturated rings. The van der Waals surface area contributed by atoms with E-state index in [1.54, 1.807) is 12.1 Å². The number of hydrogen-bond acceptors (Lipinski definition) is 3. The largest absolute Gasteiger partial charge is 0.336 e. The topological polar surface area (TPSA) is 57.7 Å². The van der Waals surface area contributed by atoms with Crippen molar-refractivity contribution < 1.29 is 13.2 Å². The number of fused-ring (bicyclic) bond motifs is 1. The molecule has 0 radical (unpaired) electrons. The van der Waals surface area contributed by atoms with Crippen LogP contribution in [-0.4, -0.2) is 44.6 Å². The lowest BCUT2D eigenvalue weighted by Gasteiger charge is -2.34. The highest BCUT2D eigenvalue weighted by molar-refractivity contribution is 7.92. The van der Waals surface area contributed by atoms with Gasteiger partial charge >= 0.3 is 0 Å². The summed E-state index contributed by atoms with van der Waals surface area (Å²) in [5, 5.41) is 0. The SMILES string of the molecule is CCN(C(=O)c1ccc2c(c1)CCCN2S(C)(=O)=O)C1CCCCC1. The first-order valence-corrected chi connectivity index (χ1v) is 11.2. The van der Waals surface area contributed by atoms with E-state index < -0.39 is 10.0 Å². The summed E-state index contributed by atoms with van der Waals surface area (Å²) in [7, 11) is -3.27. The Hall–Kier alpha value is -1.56. The molecule has 0 bridgehead atoms. The van der Waals surface area contributed by atoms with Crippen molar-refractivity contribution in [2.24, 2.45) is 0 Å². The summed E-state index contributed by atoms with van der Waals surface area (Å²) in [6.07, 6.45) is 8.68. The molecule has 1 saturated carbocycles. The predicted octanol–water partition coefficient (Wildman–Crippen LogP) is 3.19. The van der Waals surface area contributed by atoms with Crippen molar-refractivity contribution in [1.82, 2.24) is 4.90 Å². The van der Waals surface area contributed by atoms with Crippen LogP contribution in [0, 0.1) is 0 Å². The number of carbonyl (C=O) groups excluding carboxylic acids is 1. The molecule has 0 aromatic heterocycles. The van der Waals surface area contributed by atoms with Crippen LogP contribution in [0.4, 0.5) is 5.69 Å². The van der Waals surface area contributed by atoms with E-state index in [4.69, 9.17) is 0 Å². The lowest BCUT2D eigenvalue weighted by atomic mass is 9.93. The molecule has 1 aliphatic heterocycles. The Bertz CT molecular complexity index is 739. The average molecular weight is 365 g/mol. The molecular formula is C19H28N2O3S. The summed E-state index contributed by atoms with van der Waals surface area (Å²) >= 11 is 0. The number of rotatable bonds is 4. The van der Waals surface area contributed by atoms with E-state index in [0.29, 0.717) is 18.2 Å². The molecule has 3 rings (SSSR count). The fraction of sp³-hybridized carbons (Fsp3) is 0.632. The molecule has 0 unspecified atom stereocenters. The second kappa shape index (κ2) is 7.36. The number of aryl methyl sites for hydroxylation is 1. The van der Waals surface area contributed by atoms with E-state index in [-0.39, 0.29) is 5.91 Å². The van der Waals surface area contributed by atoms with Gasteiger partial charge in [-0.3, -0.25) is 9.10 Å². The molecule has 1 amide bonds. The van der Waals surface area contributed by atoms with E-state index in [2.05, 4.69) is 0 Å². The molecule has 6 heteroatoms. The highest BCUT2D eigenvalue weighted by Gasteiger charge is 2.28. The molecule has 0 saturated heterocycles. The van der Waals surface area contributed by atoms with Gasteiger partial charge in [0.1, 0.15) is 0 Å². The molecular weight excluding hydrogens is 336 g/mol. The number of amides is 1. The number of sulfonamides is 1. The maximum absolute atomic E-state index is 13.0. The molecule has 0 N–H and O–H groups in total. The fourth-order valence-corrected chi connectivity index (χ4v) is 5.16. The first-order chi connectivity index (χ1) is 11.9. The van der Waals surface area contributed by atoms with Crippen LogP contribution in [0.25, 0.3) is 0 Å². The van der Waals surface area contributed by atoms with Gasteiger partial charge < -0.3 is 4.90 Å². The normalized spacial score (nSPS) is 18.7. The predicted molar refractivity (Wildman–Crippen MR) is 101 cm³/mol. The molecule has 25 heavy (non-hydrogen) atoms. The molecule has 1 aromatic rings. The average Bonchev–Trinajstić information content (AvgIpc) is 2.61. The number of nitrogens with zero attached hydrogens (tertiary/aromatic N) is 2. The fourth-order valence-electron chi connectivity index (χ4n) is 4.17. The van der Waals surface area contributed by atoms with Crippen LogP contribution in [0.3, 0.4) is 0 Å². The molecule has 1 aliphatic carbocycles. The lowest BCUT2D eigenvalue weighted by Crippen LogP contribution is -2.41. The van der Waals surface area contributed by atoms with Gasteiger partial charge in [-0.1, -0.05) is 19.3 Å². The molecule has 1 heterocycles. The van der Waals surface area contributed by atoms with Gasteiger partial charge in [0.2, 0.25) is 10.0 Å². The Balaban J connectivity index is 1.87. The quantitative estimate of drug-likeness (QED) is 0.824. The Morgan fingerprint density at radius 1 is 1.20 bits per heavy atom. The monoisotopic (exact) mass is 364 g/mol. The van der Waals surface area contributed by atoms with Crippen LogP contribution in [0.2, 0.25) is 0 Å². The molecule has 138 valence electrons. The highest BCUT2D eigenvalue weighted by atomic mass is 32.2. The van der Waals surface area contributed by atoms with Crippen LogP contribution in [-0.2, 0) is 16.4 Å². The summed E-state index contributed by atoms with van der Waals surface area (Å²) in [4.78, 5) is 15.0. The third-order valence-corrected chi connectivity index (χ3v) is 6.60. The van der Waals surface area contributed by atoms with Crippen LogP contribution in [0.1, 0.15) is 61.4 Å². The number of benzene rings is 1. The number of anilines is 1. The van der Waals surface area contributed by atoms with E-state index >= 15 is 0 Å². The smallest absolute Gasteiger partial charge is 0.254 e. The third kappa shape index (κ3) is 3.84. The van der Waals surface area contributed by atoms with Crippen LogP contribution in [0.15, 0.2) is 18.2 Å². The maximum atomic E-state index is 13.0. The minimum absolute atomic E-state index is 0.0775. The van der Waals surface area contributed by atoms with Gasteiger partial charge in [0.25, 0.3) is 5.91 Å². The second-order valence-corrected chi connectivity index (χ2v) is 9.07. The number of hydrogen-bond donors (Lipinski definition) is 0. The second-order valence-electron chi connectivity index (χ2n) is 7.17. The van der Waals surface area contributed by atoms with Crippen molar-refractivity contribution in [1.29, 1.82) is 0 Å². The third-order valence-electron chi connectivity index (χ3n) is 5.42. The van der Waals surface area contributed by atoms with Crippen molar-refractivity contribution in [3.05, 3.63) is 29.3 Å². The van der Waals surface area contributed by atoms with Gasteiger partial charge in [0.05, 0.1) is 11.9 Å². The minimum atomic E-state index is -3.27. The Kier molecular flexibility index (Phi) is 5.37. The highest BCUT2D eigenvalue weighted by Crippen LogP contribution is 2.31. The summed E-state index contributed by atoms with van der Waals surface area (Å²) in [6.45, 7) is 3.27. The summed E-state index contributed by atoms with van der Waals surface area (Å²) < 4.78 is 25.4. The van der Waals surface area contributed by atoms with Gasteiger partial charge in [-0.05, 0) is 56.4 Å². The minimum Gasteiger partial charge on any atom is -0.336 e. The van der Waals surface area contributed by atoms with Gasteiger partial charge in [-0.2, -0.15) is 0 Å². The first-order valence-electron chi connectivity index (χ1n) is 9.33. The van der Waals surface area contributed by atoms with Crippen molar-refractivity contribution in [3.63, 3.8) is 0 Å². The zero-order chi connectivity index (χ0) is 18.0. The standard InChI is InChI=1S/C19H28N2O3S/c1-3-20(17-9-5-4-6-10-17)19(22)16-11-12-18-15(14-16)8-7-13-21(18)25(2,23)24/h11-12,14,17H,3-10,13H2,1-2H3. The van der Waals surface area contributed by atoms with Gasteiger partial charge in [0, 0.05) is 24.7 Å². The van der Waals surface area contributed by atoms with Crippen molar-refractivity contribution in [2.75, 3.05) is 23.7 Å². The van der Waals surface area contributed by atoms with Crippen molar-refractivity contribution in [3.8, 4) is 0 Å². The Morgan fingerprint density at radius 3 is 2.56 bits per heavy atom. The molecule has 0 spiro atoms. The summed E-state index contributed by atoms with van der Waals surface area (Å²) in [5.41, 5.74) is 2.37. The zero-order valence-corrected chi connectivity index (χ0v) is 16.0. The molecule has 5 nitrogen and oxygen atoms in total. The van der Waals surface area contributed by atoms with E-state index in [1.165, 1.54) is 29.8 Å². The Labute approximate surface area is 151 Å². The summed E-state index contributed by atoms with van der Waals surface area (Å²) in [6, 6.07) is 5.84.